The van der Waals surface area contributed by atoms with Gasteiger partial charge >= 0.3 is 0 Å². The molecule has 0 saturated heterocycles. The Bertz CT molecular complexity index is 718. The first kappa shape index (κ1) is 17.9. The molecule has 2 rings (SSSR count). The maximum absolute atomic E-state index is 13.4. The zero-order chi connectivity index (χ0) is 17.7. The Kier molecular flexibility index (Phi) is 5.90. The lowest BCUT2D eigenvalue weighted by Gasteiger charge is -2.25. The van der Waals surface area contributed by atoms with Gasteiger partial charge < -0.3 is 9.64 Å². The fourth-order valence-electron chi connectivity index (χ4n) is 2.47. The number of halogens is 2. The van der Waals surface area contributed by atoms with Crippen LogP contribution < -0.4 is 4.74 Å². The van der Waals surface area contributed by atoms with Gasteiger partial charge in [0.05, 0.1) is 13.2 Å². The van der Waals surface area contributed by atoms with Crippen molar-refractivity contribution in [3.63, 3.8) is 0 Å². The summed E-state index contributed by atoms with van der Waals surface area (Å²) in [6.07, 6.45) is 0.919. The molecule has 0 heterocycles. The first-order valence-corrected chi connectivity index (χ1v) is 7.76. The number of carbonyl (C=O) groups is 1. The van der Waals surface area contributed by atoms with Crippen LogP contribution in [0.2, 0.25) is 0 Å². The second kappa shape index (κ2) is 7.90. The van der Waals surface area contributed by atoms with Crippen LogP contribution in [0.1, 0.15) is 30.5 Å². The number of benzene rings is 2. The summed E-state index contributed by atoms with van der Waals surface area (Å²) < 4.78 is 31.5. The van der Waals surface area contributed by atoms with Crippen LogP contribution in [0.15, 0.2) is 42.5 Å². The van der Waals surface area contributed by atoms with Gasteiger partial charge in [0.2, 0.25) is 5.91 Å². The third kappa shape index (κ3) is 4.31. The molecule has 0 radical (unpaired) electrons. The van der Waals surface area contributed by atoms with E-state index in [4.69, 9.17) is 4.74 Å². The zero-order valence-corrected chi connectivity index (χ0v) is 14.1. The summed E-state index contributed by atoms with van der Waals surface area (Å²) in [6.45, 7) is 1.79. The first-order valence-electron chi connectivity index (χ1n) is 7.76. The Morgan fingerprint density at radius 2 is 1.92 bits per heavy atom. The molecule has 0 aliphatic carbocycles. The molecule has 0 aliphatic rings. The molecule has 0 saturated carbocycles. The molecule has 1 unspecified atom stereocenters. The molecule has 5 heteroatoms. The van der Waals surface area contributed by atoms with Crippen molar-refractivity contribution in [1.29, 1.82) is 0 Å². The molecule has 0 N–H and O–H groups in total. The van der Waals surface area contributed by atoms with E-state index in [0.29, 0.717) is 18.4 Å². The van der Waals surface area contributed by atoms with Crippen LogP contribution in [0.3, 0.4) is 0 Å². The van der Waals surface area contributed by atoms with E-state index in [0.717, 1.165) is 23.4 Å². The summed E-state index contributed by atoms with van der Waals surface area (Å²) in [5.74, 6) is -1.10. The fraction of sp³-hybridized carbons (Fsp3) is 0.316. The molecule has 0 bridgehead atoms. The molecular weight excluding hydrogens is 312 g/mol. The normalized spacial score (nSPS) is 11.9. The smallest absolute Gasteiger partial charge is 0.223 e. The molecule has 2 aromatic carbocycles. The van der Waals surface area contributed by atoms with Gasteiger partial charge in [0, 0.05) is 13.5 Å². The van der Waals surface area contributed by atoms with E-state index >= 15 is 0 Å². The third-order valence-corrected chi connectivity index (χ3v) is 4.16. The van der Waals surface area contributed by atoms with Crippen molar-refractivity contribution < 1.29 is 18.3 Å². The molecule has 0 spiro atoms. The second-order valence-electron chi connectivity index (χ2n) is 5.71. The minimum absolute atomic E-state index is 0.0601. The van der Waals surface area contributed by atoms with Gasteiger partial charge in [-0.25, -0.2) is 8.78 Å². The molecule has 0 aromatic heterocycles. The van der Waals surface area contributed by atoms with E-state index < -0.39 is 11.6 Å². The van der Waals surface area contributed by atoms with Gasteiger partial charge in [0.15, 0.2) is 11.6 Å². The Balaban J connectivity index is 1.99. The molecule has 0 fully saturated rings. The second-order valence-corrected chi connectivity index (χ2v) is 5.71. The maximum Gasteiger partial charge on any atom is 0.223 e. The van der Waals surface area contributed by atoms with Crippen LogP contribution in [-0.2, 0) is 11.2 Å². The van der Waals surface area contributed by atoms with E-state index in [2.05, 4.69) is 0 Å². The standard InChI is InChI=1S/C19H21F2NO2/c1-13(15-8-9-17(20)18(21)12-15)22(2)19(23)10-7-14-5-4-6-16(11-14)24-3/h4-6,8-9,11-13H,7,10H2,1-3H3. The van der Waals surface area contributed by atoms with Crippen LogP contribution >= 0.6 is 0 Å². The summed E-state index contributed by atoms with van der Waals surface area (Å²) in [5, 5.41) is 0. The highest BCUT2D eigenvalue weighted by atomic mass is 19.2. The molecule has 1 amide bonds. The van der Waals surface area contributed by atoms with Gasteiger partial charge in [-0.2, -0.15) is 0 Å². The highest BCUT2D eigenvalue weighted by Gasteiger charge is 2.18. The highest BCUT2D eigenvalue weighted by molar-refractivity contribution is 5.76. The van der Waals surface area contributed by atoms with E-state index in [-0.39, 0.29) is 11.9 Å². The van der Waals surface area contributed by atoms with Gasteiger partial charge in [-0.15, -0.1) is 0 Å². The molecule has 128 valence electrons. The van der Waals surface area contributed by atoms with Gasteiger partial charge in [0.1, 0.15) is 5.75 Å². The Labute approximate surface area is 140 Å². The van der Waals surface area contributed by atoms with Crippen molar-refractivity contribution in [2.45, 2.75) is 25.8 Å². The fourth-order valence-corrected chi connectivity index (χ4v) is 2.47. The van der Waals surface area contributed by atoms with Crippen molar-refractivity contribution in [3.05, 3.63) is 65.2 Å². The van der Waals surface area contributed by atoms with E-state index in [9.17, 15) is 13.6 Å². The Morgan fingerprint density at radius 1 is 1.17 bits per heavy atom. The third-order valence-electron chi connectivity index (χ3n) is 4.16. The molecule has 1 atom stereocenters. The van der Waals surface area contributed by atoms with Crippen LogP contribution in [0.4, 0.5) is 8.78 Å². The first-order chi connectivity index (χ1) is 11.4. The van der Waals surface area contributed by atoms with Crippen LogP contribution in [0.25, 0.3) is 0 Å². The number of aryl methyl sites for hydroxylation is 1. The number of ether oxygens (including phenoxy) is 1. The summed E-state index contributed by atoms with van der Waals surface area (Å²) in [5.41, 5.74) is 1.57. The average Bonchev–Trinajstić information content (AvgIpc) is 2.60. The van der Waals surface area contributed by atoms with E-state index in [1.165, 1.54) is 6.07 Å². The number of carbonyl (C=O) groups excluding carboxylic acids is 1. The summed E-state index contributed by atoms with van der Waals surface area (Å²) in [7, 11) is 3.27. The van der Waals surface area contributed by atoms with Crippen LogP contribution in [0.5, 0.6) is 5.75 Å². The van der Waals surface area contributed by atoms with Gasteiger partial charge in [-0.05, 0) is 48.7 Å². The summed E-state index contributed by atoms with van der Waals surface area (Å²) in [4.78, 5) is 13.9. The maximum atomic E-state index is 13.4. The minimum atomic E-state index is -0.906. The number of hydrogen-bond acceptors (Lipinski definition) is 2. The lowest BCUT2D eigenvalue weighted by Crippen LogP contribution is -2.29. The SMILES string of the molecule is COc1cccc(CCC(=O)N(C)C(C)c2ccc(F)c(F)c2)c1. The topological polar surface area (TPSA) is 29.5 Å². The molecule has 24 heavy (non-hydrogen) atoms. The van der Waals surface area contributed by atoms with Crippen LogP contribution in [0, 0.1) is 11.6 Å². The minimum Gasteiger partial charge on any atom is -0.497 e. The van der Waals surface area contributed by atoms with Crippen molar-refractivity contribution in [2.24, 2.45) is 0 Å². The van der Waals surface area contributed by atoms with Crippen molar-refractivity contribution in [2.75, 3.05) is 14.2 Å². The highest BCUT2D eigenvalue weighted by Crippen LogP contribution is 2.22. The molecular formula is C19H21F2NO2. The molecule has 0 aliphatic heterocycles. The monoisotopic (exact) mass is 333 g/mol. The van der Waals surface area contributed by atoms with Crippen molar-refractivity contribution in [1.82, 2.24) is 4.90 Å². The Hall–Kier alpha value is -2.43. The van der Waals surface area contributed by atoms with E-state index in [1.54, 1.807) is 26.0 Å². The largest absolute Gasteiger partial charge is 0.497 e. The summed E-state index contributed by atoms with van der Waals surface area (Å²) in [6, 6.07) is 10.9. The zero-order valence-electron chi connectivity index (χ0n) is 14.1. The number of methoxy groups -OCH3 is 1. The molecule has 2 aromatic rings. The predicted molar refractivity (Wildman–Crippen MR) is 88.9 cm³/mol. The summed E-state index contributed by atoms with van der Waals surface area (Å²) >= 11 is 0. The number of nitrogens with zero attached hydrogens (tertiary/aromatic N) is 1. The number of hydrogen-bond donors (Lipinski definition) is 0. The average molecular weight is 333 g/mol. The number of amides is 1. The predicted octanol–water partition coefficient (Wildman–Crippen LogP) is 4.13. The lowest BCUT2D eigenvalue weighted by atomic mass is 10.1. The quantitative estimate of drug-likeness (QED) is 0.796. The van der Waals surface area contributed by atoms with Crippen molar-refractivity contribution >= 4 is 5.91 Å². The van der Waals surface area contributed by atoms with Gasteiger partial charge in [-0.3, -0.25) is 4.79 Å². The van der Waals surface area contributed by atoms with Gasteiger partial charge in [-0.1, -0.05) is 18.2 Å². The number of rotatable bonds is 6. The molecule has 3 nitrogen and oxygen atoms in total. The van der Waals surface area contributed by atoms with E-state index in [1.807, 2.05) is 24.3 Å². The van der Waals surface area contributed by atoms with Gasteiger partial charge in [0.25, 0.3) is 0 Å². The van der Waals surface area contributed by atoms with Crippen molar-refractivity contribution in [3.8, 4) is 5.75 Å². The Morgan fingerprint density at radius 3 is 2.58 bits per heavy atom. The van der Waals surface area contributed by atoms with Crippen LogP contribution in [-0.4, -0.2) is 25.0 Å². The lowest BCUT2D eigenvalue weighted by molar-refractivity contribution is -0.131.